The molecule has 1 aromatic heterocycles. The Hall–Kier alpha value is -3.35. The number of carbonyl (C=O) groups is 2. The standard InChI is InChI=1S/C26H28FN3O3/c27-20-8-9-22-19(15-20)16-23(28-22)26(32)30-12-4-5-18-17-29(13-10-24(18)30)25(31)11-14-33-21-6-2-1-3-7-21/h1-3,6-9,15-16,18,24,28H,4-5,10-14,17H2/t18-,24+/m1/s1. The number of H-pyrrole nitrogens is 1. The lowest BCUT2D eigenvalue weighted by Crippen LogP contribution is -2.56. The molecule has 2 atom stereocenters. The molecule has 0 bridgehead atoms. The molecule has 5 rings (SSSR count). The van der Waals surface area contributed by atoms with Crippen molar-refractivity contribution in [2.75, 3.05) is 26.2 Å². The summed E-state index contributed by atoms with van der Waals surface area (Å²) in [5.41, 5.74) is 1.25. The summed E-state index contributed by atoms with van der Waals surface area (Å²) in [4.78, 5) is 33.1. The number of piperidine rings is 2. The summed E-state index contributed by atoms with van der Waals surface area (Å²) in [5, 5.41) is 0.699. The third-order valence-corrected chi connectivity index (χ3v) is 6.82. The quantitative estimate of drug-likeness (QED) is 0.634. The largest absolute Gasteiger partial charge is 0.493 e. The second-order valence-corrected chi connectivity index (χ2v) is 8.92. The molecule has 2 aliphatic rings. The molecule has 3 heterocycles. The van der Waals surface area contributed by atoms with E-state index in [4.69, 9.17) is 4.74 Å². The fourth-order valence-corrected chi connectivity index (χ4v) is 5.19. The van der Waals surface area contributed by atoms with Gasteiger partial charge in [-0.1, -0.05) is 18.2 Å². The van der Waals surface area contributed by atoms with Gasteiger partial charge in [0, 0.05) is 36.6 Å². The molecule has 2 fully saturated rings. The number of aromatic amines is 1. The minimum atomic E-state index is -0.315. The summed E-state index contributed by atoms with van der Waals surface area (Å²) in [6.07, 6.45) is 3.05. The van der Waals surface area contributed by atoms with E-state index < -0.39 is 0 Å². The van der Waals surface area contributed by atoms with Crippen molar-refractivity contribution < 1.29 is 18.7 Å². The van der Waals surface area contributed by atoms with E-state index >= 15 is 0 Å². The summed E-state index contributed by atoms with van der Waals surface area (Å²) >= 11 is 0. The van der Waals surface area contributed by atoms with Crippen LogP contribution >= 0.6 is 0 Å². The van der Waals surface area contributed by atoms with E-state index in [2.05, 4.69) is 4.98 Å². The lowest BCUT2D eigenvalue weighted by molar-refractivity contribution is -0.135. The van der Waals surface area contributed by atoms with Crippen LogP contribution in [0.1, 0.15) is 36.2 Å². The van der Waals surface area contributed by atoms with E-state index in [9.17, 15) is 14.0 Å². The molecule has 172 valence electrons. The molecular formula is C26H28FN3O3. The molecule has 0 unspecified atom stereocenters. The highest BCUT2D eigenvalue weighted by atomic mass is 19.1. The Morgan fingerprint density at radius 3 is 2.76 bits per heavy atom. The zero-order valence-corrected chi connectivity index (χ0v) is 18.5. The van der Waals surface area contributed by atoms with Gasteiger partial charge in [0.1, 0.15) is 17.3 Å². The predicted octanol–water partition coefficient (Wildman–Crippen LogP) is 4.23. The van der Waals surface area contributed by atoms with Crippen LogP contribution in [0.4, 0.5) is 4.39 Å². The third kappa shape index (κ3) is 4.58. The number of halogens is 1. The smallest absolute Gasteiger partial charge is 0.270 e. The monoisotopic (exact) mass is 449 g/mol. The number of nitrogens with zero attached hydrogens (tertiary/aromatic N) is 2. The number of fused-ring (bicyclic) bond motifs is 2. The van der Waals surface area contributed by atoms with Crippen LogP contribution in [0.25, 0.3) is 10.9 Å². The van der Waals surface area contributed by atoms with Crippen molar-refractivity contribution in [3.05, 3.63) is 66.1 Å². The van der Waals surface area contributed by atoms with Crippen LogP contribution in [-0.4, -0.2) is 58.9 Å². The average Bonchev–Trinajstić information content (AvgIpc) is 3.26. The second-order valence-electron chi connectivity index (χ2n) is 8.92. The first kappa shape index (κ1) is 21.5. The van der Waals surface area contributed by atoms with E-state index in [0.29, 0.717) is 43.7 Å². The van der Waals surface area contributed by atoms with Crippen LogP contribution in [0.3, 0.4) is 0 Å². The van der Waals surface area contributed by atoms with Crippen molar-refractivity contribution in [3.8, 4) is 5.75 Å². The first-order valence-electron chi connectivity index (χ1n) is 11.6. The zero-order valence-electron chi connectivity index (χ0n) is 18.5. The van der Waals surface area contributed by atoms with Gasteiger partial charge in [0.2, 0.25) is 5.91 Å². The lowest BCUT2D eigenvalue weighted by Gasteiger charge is -2.47. The number of hydrogen-bond acceptors (Lipinski definition) is 3. The first-order chi connectivity index (χ1) is 16.1. The molecule has 0 aliphatic carbocycles. The van der Waals surface area contributed by atoms with Crippen LogP contribution in [0.5, 0.6) is 5.75 Å². The minimum absolute atomic E-state index is 0.0441. The average molecular weight is 450 g/mol. The summed E-state index contributed by atoms with van der Waals surface area (Å²) in [6.45, 7) is 2.39. The highest BCUT2D eigenvalue weighted by Crippen LogP contribution is 2.32. The summed E-state index contributed by atoms with van der Waals surface area (Å²) in [7, 11) is 0. The minimum Gasteiger partial charge on any atom is -0.493 e. The molecule has 0 radical (unpaired) electrons. The molecule has 6 nitrogen and oxygen atoms in total. The number of aromatic nitrogens is 1. The van der Waals surface area contributed by atoms with Gasteiger partial charge in [0.05, 0.1) is 13.0 Å². The molecule has 33 heavy (non-hydrogen) atoms. The van der Waals surface area contributed by atoms with Crippen molar-refractivity contribution in [1.82, 2.24) is 14.8 Å². The topological polar surface area (TPSA) is 65.6 Å². The Balaban J connectivity index is 1.20. The molecule has 1 N–H and O–H groups in total. The van der Waals surface area contributed by atoms with E-state index in [1.807, 2.05) is 40.1 Å². The zero-order chi connectivity index (χ0) is 22.8. The Bertz CT molecular complexity index is 1150. The van der Waals surface area contributed by atoms with Crippen molar-refractivity contribution in [1.29, 1.82) is 0 Å². The Labute approximate surface area is 192 Å². The molecule has 3 aromatic rings. The molecule has 2 aliphatic heterocycles. The van der Waals surface area contributed by atoms with E-state index in [1.165, 1.54) is 12.1 Å². The van der Waals surface area contributed by atoms with Gasteiger partial charge in [-0.15, -0.1) is 0 Å². The van der Waals surface area contributed by atoms with Gasteiger partial charge in [-0.25, -0.2) is 4.39 Å². The van der Waals surface area contributed by atoms with Crippen LogP contribution in [0.2, 0.25) is 0 Å². The van der Waals surface area contributed by atoms with Gasteiger partial charge < -0.3 is 19.5 Å². The van der Waals surface area contributed by atoms with Crippen molar-refractivity contribution >= 4 is 22.7 Å². The van der Waals surface area contributed by atoms with E-state index in [-0.39, 0.29) is 29.6 Å². The summed E-state index contributed by atoms with van der Waals surface area (Å²) < 4.78 is 19.2. The van der Waals surface area contributed by atoms with Crippen LogP contribution < -0.4 is 4.74 Å². The number of nitrogens with one attached hydrogen (secondary N) is 1. The maximum Gasteiger partial charge on any atom is 0.270 e. The molecule has 7 heteroatoms. The normalized spacial score (nSPS) is 20.5. The van der Waals surface area contributed by atoms with Gasteiger partial charge in [0.15, 0.2) is 0 Å². The molecule has 2 saturated heterocycles. The van der Waals surface area contributed by atoms with Crippen molar-refractivity contribution in [2.45, 2.75) is 31.7 Å². The van der Waals surface area contributed by atoms with Gasteiger partial charge >= 0.3 is 0 Å². The number of hydrogen-bond donors (Lipinski definition) is 1. The van der Waals surface area contributed by atoms with Crippen LogP contribution in [-0.2, 0) is 4.79 Å². The van der Waals surface area contributed by atoms with Gasteiger partial charge in [-0.3, -0.25) is 9.59 Å². The molecule has 0 spiro atoms. The highest BCUT2D eigenvalue weighted by molar-refractivity contribution is 5.98. The fraction of sp³-hybridized carbons (Fsp3) is 0.385. The molecule has 2 amide bonds. The van der Waals surface area contributed by atoms with Crippen molar-refractivity contribution in [3.63, 3.8) is 0 Å². The second kappa shape index (κ2) is 9.25. The Morgan fingerprint density at radius 1 is 1.06 bits per heavy atom. The van der Waals surface area contributed by atoms with E-state index in [0.717, 1.165) is 30.5 Å². The van der Waals surface area contributed by atoms with E-state index in [1.54, 1.807) is 12.1 Å². The van der Waals surface area contributed by atoms with Crippen LogP contribution in [0, 0.1) is 11.7 Å². The third-order valence-electron chi connectivity index (χ3n) is 6.82. The number of amides is 2. The van der Waals surface area contributed by atoms with Crippen molar-refractivity contribution in [2.24, 2.45) is 5.92 Å². The fourth-order valence-electron chi connectivity index (χ4n) is 5.19. The Kier molecular flexibility index (Phi) is 6.03. The molecule has 0 saturated carbocycles. The number of likely N-dealkylation sites (tertiary alicyclic amines) is 2. The number of carbonyl (C=O) groups excluding carboxylic acids is 2. The maximum atomic E-state index is 13.5. The summed E-state index contributed by atoms with van der Waals surface area (Å²) in [5.74, 6) is 0.787. The lowest BCUT2D eigenvalue weighted by atomic mass is 9.83. The predicted molar refractivity (Wildman–Crippen MR) is 124 cm³/mol. The summed E-state index contributed by atoms with van der Waals surface area (Å²) in [6, 6.07) is 15.9. The Morgan fingerprint density at radius 2 is 1.91 bits per heavy atom. The maximum absolute atomic E-state index is 13.5. The van der Waals surface area contributed by atoms with Gasteiger partial charge in [-0.2, -0.15) is 0 Å². The number of benzene rings is 2. The number of para-hydroxylation sites is 1. The highest BCUT2D eigenvalue weighted by Gasteiger charge is 2.39. The molecular weight excluding hydrogens is 421 g/mol. The van der Waals surface area contributed by atoms with Gasteiger partial charge in [0.25, 0.3) is 5.91 Å². The van der Waals surface area contributed by atoms with Crippen LogP contribution in [0.15, 0.2) is 54.6 Å². The number of rotatable bonds is 5. The first-order valence-corrected chi connectivity index (χ1v) is 11.6. The van der Waals surface area contributed by atoms with Gasteiger partial charge in [-0.05, 0) is 61.6 Å². The molecule has 2 aromatic carbocycles. The SMILES string of the molecule is O=C(CCOc1ccccc1)N1CC[C@H]2[C@H](CCCN2C(=O)c2cc3cc(F)ccc3[nH]2)C1. The number of ether oxygens (including phenoxy) is 1.